The van der Waals surface area contributed by atoms with E-state index in [0.29, 0.717) is 0 Å². The number of nitrogens with two attached hydrogens (primary N) is 1. The summed E-state index contributed by atoms with van der Waals surface area (Å²) in [6.07, 6.45) is 0.229. The number of halogens is 1. The number of aromatic amines is 1. The first-order valence-corrected chi connectivity index (χ1v) is 4.47. The summed E-state index contributed by atoms with van der Waals surface area (Å²) >= 11 is 2.96. The number of aliphatic hydroxyl groups excluding tert-OH is 1. The number of hydrogen-bond donors (Lipinski definition) is 4. The van der Waals surface area contributed by atoms with Crippen molar-refractivity contribution in [1.29, 1.82) is 0 Å². The number of nitrogens with zero attached hydrogens (tertiary/aromatic N) is 1. The molecule has 1 heterocycles. The maximum Gasteiger partial charge on any atom is 0.328 e. The lowest BCUT2D eigenvalue weighted by Gasteiger charge is -2.10. The molecule has 0 spiro atoms. The number of aromatic nitrogens is 2. The van der Waals surface area contributed by atoms with Crippen LogP contribution in [0.3, 0.4) is 0 Å². The van der Waals surface area contributed by atoms with Gasteiger partial charge in [-0.3, -0.25) is 20.2 Å². The van der Waals surface area contributed by atoms with E-state index < -0.39 is 17.5 Å². The van der Waals surface area contributed by atoms with E-state index in [2.05, 4.69) is 26.3 Å². The summed E-state index contributed by atoms with van der Waals surface area (Å²) in [5.41, 5.74) is 0.946. The van der Waals surface area contributed by atoms with Gasteiger partial charge in [0.25, 0.3) is 5.56 Å². The number of H-pyrrole nitrogens is 1. The molecule has 1 atom stereocenters. The van der Waals surface area contributed by atoms with E-state index in [1.54, 1.807) is 0 Å². The molecule has 0 aliphatic heterocycles. The molecule has 0 saturated carbocycles. The van der Waals surface area contributed by atoms with Gasteiger partial charge in [-0.25, -0.2) is 10.2 Å². The fraction of sp³-hybridized carbons (Fsp3) is 0.333. The fourth-order valence-corrected chi connectivity index (χ4v) is 1.20. The van der Waals surface area contributed by atoms with Gasteiger partial charge in [-0.1, -0.05) is 0 Å². The standard InChI is InChI=1S/C6H9BrN4O3/c7-3-1-11(2-4(12)10-8)6(14)9-5(3)13/h1,4,10,12H,2,8H2,(H,9,13,14). The fourth-order valence-electron chi connectivity index (χ4n) is 0.857. The van der Waals surface area contributed by atoms with Crippen molar-refractivity contribution in [3.05, 3.63) is 31.5 Å². The lowest BCUT2D eigenvalue weighted by atomic mass is 10.5. The molecule has 14 heavy (non-hydrogen) atoms. The Morgan fingerprint density at radius 2 is 2.36 bits per heavy atom. The molecule has 78 valence electrons. The molecule has 0 radical (unpaired) electrons. The van der Waals surface area contributed by atoms with Gasteiger partial charge in [0, 0.05) is 6.20 Å². The van der Waals surface area contributed by atoms with Crippen LogP contribution in [-0.4, -0.2) is 20.9 Å². The quantitative estimate of drug-likeness (QED) is 0.289. The molecule has 0 aliphatic rings. The minimum absolute atomic E-state index is 0.0509. The minimum atomic E-state index is -1.05. The van der Waals surface area contributed by atoms with Crippen LogP contribution in [0, 0.1) is 0 Å². The van der Waals surface area contributed by atoms with Crippen molar-refractivity contribution in [3.8, 4) is 0 Å². The predicted octanol–water partition coefficient (Wildman–Crippen LogP) is -1.92. The zero-order chi connectivity index (χ0) is 10.7. The normalized spacial score (nSPS) is 12.8. The van der Waals surface area contributed by atoms with E-state index in [1.807, 2.05) is 0 Å². The van der Waals surface area contributed by atoms with Crippen molar-refractivity contribution in [1.82, 2.24) is 15.0 Å². The van der Waals surface area contributed by atoms with Crippen LogP contribution >= 0.6 is 15.9 Å². The van der Waals surface area contributed by atoms with Gasteiger partial charge in [0.15, 0.2) is 0 Å². The monoisotopic (exact) mass is 264 g/mol. The van der Waals surface area contributed by atoms with E-state index in [1.165, 1.54) is 6.20 Å². The Kier molecular flexibility index (Phi) is 3.58. The molecule has 7 nitrogen and oxygen atoms in total. The predicted molar refractivity (Wildman–Crippen MR) is 52.4 cm³/mol. The van der Waals surface area contributed by atoms with Gasteiger partial charge in [0.2, 0.25) is 0 Å². The van der Waals surface area contributed by atoms with Gasteiger partial charge in [-0.2, -0.15) is 0 Å². The van der Waals surface area contributed by atoms with Crippen LogP contribution in [-0.2, 0) is 6.54 Å². The van der Waals surface area contributed by atoms with E-state index >= 15 is 0 Å². The van der Waals surface area contributed by atoms with E-state index in [9.17, 15) is 9.59 Å². The molecule has 1 aromatic heterocycles. The zero-order valence-corrected chi connectivity index (χ0v) is 8.61. The average molecular weight is 265 g/mol. The SMILES string of the molecule is NNC(O)Cn1cc(Br)c(=O)[nH]c1=O. The van der Waals surface area contributed by atoms with Gasteiger partial charge in [-0.05, 0) is 15.9 Å². The Labute approximate surface area is 86.7 Å². The largest absolute Gasteiger partial charge is 0.375 e. The summed E-state index contributed by atoms with van der Waals surface area (Å²) in [6, 6.07) is 0. The second-order valence-electron chi connectivity index (χ2n) is 2.57. The molecule has 8 heteroatoms. The van der Waals surface area contributed by atoms with Gasteiger partial charge < -0.3 is 5.11 Å². The first-order valence-electron chi connectivity index (χ1n) is 3.68. The first kappa shape index (κ1) is 11.1. The highest BCUT2D eigenvalue weighted by atomic mass is 79.9. The minimum Gasteiger partial charge on any atom is -0.375 e. The second-order valence-corrected chi connectivity index (χ2v) is 3.43. The summed E-state index contributed by atoms with van der Waals surface area (Å²) in [5.74, 6) is 4.94. The van der Waals surface area contributed by atoms with Crippen LogP contribution in [0.15, 0.2) is 20.3 Å². The molecule has 0 aromatic carbocycles. The highest BCUT2D eigenvalue weighted by Crippen LogP contribution is 1.97. The molecule has 0 amide bonds. The topological polar surface area (TPSA) is 113 Å². The van der Waals surface area contributed by atoms with Crippen molar-refractivity contribution < 1.29 is 5.11 Å². The Hall–Kier alpha value is -0.960. The van der Waals surface area contributed by atoms with Crippen LogP contribution in [0.2, 0.25) is 0 Å². The maximum atomic E-state index is 11.2. The number of rotatable bonds is 3. The van der Waals surface area contributed by atoms with Crippen LogP contribution in [0.4, 0.5) is 0 Å². The Bertz CT molecular complexity index is 426. The van der Waals surface area contributed by atoms with Crippen LogP contribution in [0.1, 0.15) is 0 Å². The second kappa shape index (κ2) is 4.51. The molecule has 5 N–H and O–H groups in total. The van der Waals surface area contributed by atoms with E-state index in [-0.39, 0.29) is 11.0 Å². The van der Waals surface area contributed by atoms with Crippen molar-refractivity contribution >= 4 is 15.9 Å². The lowest BCUT2D eigenvalue weighted by Crippen LogP contribution is -2.41. The average Bonchev–Trinajstić information content (AvgIpc) is 2.14. The third-order valence-corrected chi connectivity index (χ3v) is 2.09. The van der Waals surface area contributed by atoms with Crippen LogP contribution < -0.4 is 22.5 Å². The third kappa shape index (κ3) is 2.51. The number of hydrogen-bond acceptors (Lipinski definition) is 5. The zero-order valence-electron chi connectivity index (χ0n) is 7.03. The van der Waals surface area contributed by atoms with Crippen molar-refractivity contribution in [2.45, 2.75) is 12.8 Å². The Balaban J connectivity index is 3.04. The molecular weight excluding hydrogens is 256 g/mol. The molecule has 1 aromatic rings. The molecule has 0 saturated heterocycles. The van der Waals surface area contributed by atoms with Gasteiger partial charge in [0.1, 0.15) is 6.23 Å². The Morgan fingerprint density at radius 3 is 2.93 bits per heavy atom. The molecule has 1 rings (SSSR count). The Morgan fingerprint density at radius 1 is 1.71 bits per heavy atom. The lowest BCUT2D eigenvalue weighted by molar-refractivity contribution is 0.117. The van der Waals surface area contributed by atoms with Crippen molar-refractivity contribution in [2.75, 3.05) is 0 Å². The number of aliphatic hydroxyl groups is 1. The van der Waals surface area contributed by atoms with Gasteiger partial charge in [-0.15, -0.1) is 0 Å². The van der Waals surface area contributed by atoms with Crippen molar-refractivity contribution in [3.63, 3.8) is 0 Å². The molecule has 1 unspecified atom stereocenters. The van der Waals surface area contributed by atoms with Crippen LogP contribution in [0.5, 0.6) is 0 Å². The molecule has 0 bridgehead atoms. The highest BCUT2D eigenvalue weighted by Gasteiger charge is 2.06. The summed E-state index contributed by atoms with van der Waals surface area (Å²) in [6.45, 7) is -0.0509. The molecule has 0 fully saturated rings. The number of hydrazine groups is 1. The van der Waals surface area contributed by atoms with E-state index in [0.717, 1.165) is 4.57 Å². The maximum absolute atomic E-state index is 11.2. The van der Waals surface area contributed by atoms with Crippen molar-refractivity contribution in [2.24, 2.45) is 5.84 Å². The molecular formula is C6H9BrN4O3. The van der Waals surface area contributed by atoms with Gasteiger partial charge >= 0.3 is 5.69 Å². The summed E-state index contributed by atoms with van der Waals surface area (Å²) < 4.78 is 1.33. The van der Waals surface area contributed by atoms with Crippen LogP contribution in [0.25, 0.3) is 0 Å². The third-order valence-electron chi connectivity index (χ3n) is 1.53. The summed E-state index contributed by atoms with van der Waals surface area (Å²) in [4.78, 5) is 24.1. The summed E-state index contributed by atoms with van der Waals surface area (Å²) in [5, 5.41) is 9.09. The molecule has 0 aliphatic carbocycles. The van der Waals surface area contributed by atoms with Gasteiger partial charge in [0.05, 0.1) is 11.0 Å². The van der Waals surface area contributed by atoms with E-state index in [4.69, 9.17) is 10.9 Å². The first-order chi connectivity index (χ1) is 6.54. The highest BCUT2D eigenvalue weighted by molar-refractivity contribution is 9.10. The number of nitrogens with one attached hydrogen (secondary N) is 2. The smallest absolute Gasteiger partial charge is 0.328 e. The summed E-state index contributed by atoms with van der Waals surface area (Å²) in [7, 11) is 0.